The van der Waals surface area contributed by atoms with E-state index in [4.69, 9.17) is 9.05 Å². The first-order valence-electron chi connectivity index (χ1n) is 6.25. The SMILES string of the molecule is C/C=C/C(=O)N(CC(C)C)P(=O)(OCC)OCC. The lowest BCUT2D eigenvalue weighted by Gasteiger charge is -2.30. The van der Waals surface area contributed by atoms with Gasteiger partial charge in [-0.3, -0.25) is 13.8 Å². The smallest absolute Gasteiger partial charge is 0.292 e. The monoisotopic (exact) mass is 277 g/mol. The number of carbonyl (C=O) groups excluding carboxylic acids is 1. The maximum Gasteiger partial charge on any atom is 0.437 e. The Bertz CT molecular complexity index is 318. The zero-order chi connectivity index (χ0) is 14.2. The molecule has 0 spiro atoms. The Balaban J connectivity index is 5.21. The highest BCUT2D eigenvalue weighted by Gasteiger charge is 2.36. The van der Waals surface area contributed by atoms with Gasteiger partial charge in [-0.15, -0.1) is 0 Å². The van der Waals surface area contributed by atoms with Crippen LogP contribution in [0.25, 0.3) is 0 Å². The van der Waals surface area contributed by atoms with Crippen LogP contribution in [0.3, 0.4) is 0 Å². The molecule has 0 rings (SSSR count). The van der Waals surface area contributed by atoms with E-state index in [9.17, 15) is 9.36 Å². The molecule has 0 atom stereocenters. The Morgan fingerprint density at radius 2 is 1.78 bits per heavy atom. The van der Waals surface area contributed by atoms with Crippen LogP contribution in [0.5, 0.6) is 0 Å². The Hall–Kier alpha value is -0.640. The number of rotatable bonds is 8. The van der Waals surface area contributed by atoms with Gasteiger partial charge < -0.3 is 0 Å². The first-order valence-corrected chi connectivity index (χ1v) is 7.74. The van der Waals surface area contributed by atoms with Crippen molar-refractivity contribution in [3.05, 3.63) is 12.2 Å². The second kappa shape index (κ2) is 8.46. The molecule has 0 heterocycles. The lowest BCUT2D eigenvalue weighted by Crippen LogP contribution is -2.32. The largest absolute Gasteiger partial charge is 0.437 e. The van der Waals surface area contributed by atoms with E-state index in [1.807, 2.05) is 13.8 Å². The van der Waals surface area contributed by atoms with E-state index in [0.29, 0.717) is 6.54 Å². The summed E-state index contributed by atoms with van der Waals surface area (Å²) >= 11 is 0. The summed E-state index contributed by atoms with van der Waals surface area (Å²) < 4.78 is 24.2. The van der Waals surface area contributed by atoms with Gasteiger partial charge in [-0.05, 0) is 32.8 Å². The van der Waals surface area contributed by atoms with Gasteiger partial charge in [-0.2, -0.15) is 0 Å². The van der Waals surface area contributed by atoms with Crippen molar-refractivity contribution in [3.8, 4) is 0 Å². The van der Waals surface area contributed by atoms with Crippen molar-refractivity contribution in [3.63, 3.8) is 0 Å². The quantitative estimate of drug-likeness (QED) is 0.505. The van der Waals surface area contributed by atoms with E-state index in [0.717, 1.165) is 0 Å². The van der Waals surface area contributed by atoms with Gasteiger partial charge in [0.2, 0.25) is 0 Å². The van der Waals surface area contributed by atoms with Crippen LogP contribution in [0.4, 0.5) is 0 Å². The predicted octanol–water partition coefficient (Wildman–Crippen LogP) is 3.23. The molecular weight excluding hydrogens is 253 g/mol. The first-order chi connectivity index (χ1) is 8.41. The molecule has 0 unspecified atom stereocenters. The zero-order valence-electron chi connectivity index (χ0n) is 11.9. The fraction of sp³-hybridized carbons (Fsp3) is 0.750. The molecule has 18 heavy (non-hydrogen) atoms. The van der Waals surface area contributed by atoms with Crippen molar-refractivity contribution >= 4 is 13.7 Å². The van der Waals surface area contributed by atoms with Crippen LogP contribution in [-0.4, -0.2) is 30.3 Å². The van der Waals surface area contributed by atoms with Gasteiger partial charge in [0, 0.05) is 6.54 Å². The molecule has 6 heteroatoms. The van der Waals surface area contributed by atoms with E-state index in [-0.39, 0.29) is 25.0 Å². The fourth-order valence-corrected chi connectivity index (χ4v) is 3.23. The number of amides is 1. The molecule has 0 bridgehead atoms. The second-order valence-electron chi connectivity index (χ2n) is 4.12. The zero-order valence-corrected chi connectivity index (χ0v) is 12.8. The predicted molar refractivity (Wildman–Crippen MR) is 72.2 cm³/mol. The van der Waals surface area contributed by atoms with Gasteiger partial charge >= 0.3 is 7.75 Å². The molecule has 106 valence electrons. The summed E-state index contributed by atoms with van der Waals surface area (Å²) in [7, 11) is -3.54. The average molecular weight is 277 g/mol. The van der Waals surface area contributed by atoms with Crippen LogP contribution in [0.2, 0.25) is 0 Å². The van der Waals surface area contributed by atoms with Gasteiger partial charge in [0.05, 0.1) is 13.2 Å². The summed E-state index contributed by atoms with van der Waals surface area (Å²) in [6, 6.07) is 0. The Kier molecular flexibility index (Phi) is 8.16. The van der Waals surface area contributed by atoms with E-state index in [1.165, 1.54) is 10.7 Å². The van der Waals surface area contributed by atoms with Crippen molar-refractivity contribution in [2.75, 3.05) is 19.8 Å². The summed E-state index contributed by atoms with van der Waals surface area (Å²) in [6.07, 6.45) is 2.98. The molecule has 0 saturated carbocycles. The molecule has 0 radical (unpaired) electrons. The maximum absolute atomic E-state index is 12.6. The standard InChI is InChI=1S/C12H24NO4P/c1-6-9-12(14)13(10-11(4)5)18(15,16-7-2)17-8-3/h6,9,11H,7-8,10H2,1-5H3/b9-6+. The van der Waals surface area contributed by atoms with Gasteiger partial charge in [0.25, 0.3) is 5.91 Å². The third kappa shape index (κ3) is 5.34. The normalized spacial score (nSPS) is 12.3. The molecular formula is C12H24NO4P. The van der Waals surface area contributed by atoms with Crippen LogP contribution in [0.1, 0.15) is 34.6 Å². The highest BCUT2D eigenvalue weighted by atomic mass is 31.2. The molecule has 0 aliphatic heterocycles. The summed E-state index contributed by atoms with van der Waals surface area (Å²) in [6.45, 7) is 9.86. The topological polar surface area (TPSA) is 55.8 Å². The minimum atomic E-state index is -3.54. The molecule has 0 aliphatic carbocycles. The molecule has 0 N–H and O–H groups in total. The van der Waals surface area contributed by atoms with Crippen LogP contribution in [-0.2, 0) is 18.4 Å². The molecule has 0 aromatic carbocycles. The van der Waals surface area contributed by atoms with Crippen molar-refractivity contribution < 1.29 is 18.4 Å². The molecule has 0 aromatic heterocycles. The highest BCUT2D eigenvalue weighted by Crippen LogP contribution is 2.52. The Morgan fingerprint density at radius 1 is 1.28 bits per heavy atom. The lowest BCUT2D eigenvalue weighted by atomic mass is 10.2. The summed E-state index contributed by atoms with van der Waals surface area (Å²) in [5.41, 5.74) is 0. The number of carbonyl (C=O) groups is 1. The summed E-state index contributed by atoms with van der Waals surface area (Å²) in [4.78, 5) is 12.0. The molecule has 0 aliphatic rings. The van der Waals surface area contributed by atoms with Crippen LogP contribution in [0, 0.1) is 5.92 Å². The molecule has 0 fully saturated rings. The number of hydrogen-bond acceptors (Lipinski definition) is 4. The van der Waals surface area contributed by atoms with Crippen molar-refractivity contribution in [1.82, 2.24) is 4.67 Å². The molecule has 5 nitrogen and oxygen atoms in total. The lowest BCUT2D eigenvalue weighted by molar-refractivity contribution is -0.123. The van der Waals surface area contributed by atoms with Crippen LogP contribution < -0.4 is 0 Å². The van der Waals surface area contributed by atoms with E-state index in [2.05, 4.69) is 0 Å². The van der Waals surface area contributed by atoms with Crippen molar-refractivity contribution in [1.29, 1.82) is 0 Å². The van der Waals surface area contributed by atoms with Gasteiger partial charge in [0.1, 0.15) is 0 Å². The van der Waals surface area contributed by atoms with Gasteiger partial charge in [0.15, 0.2) is 0 Å². The maximum atomic E-state index is 12.6. The van der Waals surface area contributed by atoms with E-state index >= 15 is 0 Å². The summed E-state index contributed by atoms with van der Waals surface area (Å²) in [5, 5.41) is 0. The Morgan fingerprint density at radius 3 is 2.11 bits per heavy atom. The minimum Gasteiger partial charge on any atom is -0.292 e. The third-order valence-electron chi connectivity index (χ3n) is 1.98. The molecule has 1 amide bonds. The molecule has 0 aromatic rings. The van der Waals surface area contributed by atoms with Gasteiger partial charge in [-0.25, -0.2) is 9.24 Å². The van der Waals surface area contributed by atoms with Crippen LogP contribution >= 0.6 is 7.75 Å². The summed E-state index contributed by atoms with van der Waals surface area (Å²) in [5.74, 6) is -0.176. The van der Waals surface area contributed by atoms with Crippen molar-refractivity contribution in [2.24, 2.45) is 5.92 Å². The number of hydrogen-bond donors (Lipinski definition) is 0. The number of nitrogens with zero attached hydrogens (tertiary/aromatic N) is 1. The highest BCUT2D eigenvalue weighted by molar-refractivity contribution is 7.52. The second-order valence-corrected chi connectivity index (χ2v) is 6.05. The minimum absolute atomic E-state index is 0.174. The number of allylic oxidation sites excluding steroid dienone is 1. The average Bonchev–Trinajstić information content (AvgIpc) is 2.26. The molecule has 0 saturated heterocycles. The third-order valence-corrected chi connectivity index (χ3v) is 4.10. The van der Waals surface area contributed by atoms with E-state index in [1.54, 1.807) is 26.8 Å². The van der Waals surface area contributed by atoms with Crippen molar-refractivity contribution in [2.45, 2.75) is 34.6 Å². The Labute approximate surface area is 110 Å². The first kappa shape index (κ1) is 17.4. The fourth-order valence-electron chi connectivity index (χ4n) is 1.39. The van der Waals surface area contributed by atoms with Crippen LogP contribution in [0.15, 0.2) is 12.2 Å². The van der Waals surface area contributed by atoms with E-state index < -0.39 is 7.75 Å². The van der Waals surface area contributed by atoms with Gasteiger partial charge in [-0.1, -0.05) is 19.9 Å².